The lowest BCUT2D eigenvalue weighted by Crippen LogP contribution is -2.51. The first-order chi connectivity index (χ1) is 13.4. The predicted octanol–water partition coefficient (Wildman–Crippen LogP) is 0.911. The fraction of sp³-hybridized carbons (Fsp3) is 0.278. The number of piperazine rings is 1. The zero-order valence-corrected chi connectivity index (χ0v) is 15.6. The number of pyridine rings is 1. The van der Waals surface area contributed by atoms with Crippen molar-refractivity contribution in [2.45, 2.75) is 4.90 Å². The number of aromatic nitrogens is 1. The van der Waals surface area contributed by atoms with Gasteiger partial charge in [0.05, 0.1) is 10.5 Å². The van der Waals surface area contributed by atoms with Gasteiger partial charge in [-0.3, -0.25) is 9.78 Å². The van der Waals surface area contributed by atoms with Crippen molar-refractivity contribution in [2.75, 3.05) is 32.8 Å². The molecule has 1 aromatic carbocycles. The molecule has 1 fully saturated rings. The van der Waals surface area contributed by atoms with Gasteiger partial charge in [-0.15, -0.1) is 0 Å². The summed E-state index contributed by atoms with van der Waals surface area (Å²) >= 11 is 0. The maximum absolute atomic E-state index is 13.3. The lowest BCUT2D eigenvalue weighted by atomic mass is 10.3. The Morgan fingerprint density at radius 1 is 1.11 bits per heavy atom. The number of carbonyl (C=O) groups excluding carboxylic acids is 2. The number of carbonyl (C=O) groups is 2. The van der Waals surface area contributed by atoms with Crippen molar-refractivity contribution in [1.29, 1.82) is 0 Å². The van der Waals surface area contributed by atoms with Crippen molar-refractivity contribution in [3.05, 3.63) is 60.2 Å². The van der Waals surface area contributed by atoms with Gasteiger partial charge < -0.3 is 9.64 Å². The van der Waals surface area contributed by atoms with Gasteiger partial charge in [-0.1, -0.05) is 6.07 Å². The molecule has 1 aliphatic heterocycles. The fourth-order valence-electron chi connectivity index (χ4n) is 2.74. The Balaban J connectivity index is 1.53. The Morgan fingerprint density at radius 3 is 2.50 bits per heavy atom. The molecule has 1 saturated heterocycles. The summed E-state index contributed by atoms with van der Waals surface area (Å²) in [6, 6.07) is 7.89. The molecule has 0 spiro atoms. The molecule has 0 bridgehead atoms. The van der Waals surface area contributed by atoms with E-state index in [2.05, 4.69) is 4.98 Å². The minimum atomic E-state index is -3.83. The number of sulfonamides is 1. The van der Waals surface area contributed by atoms with Crippen LogP contribution in [0.2, 0.25) is 0 Å². The number of esters is 1. The first-order valence-electron chi connectivity index (χ1n) is 8.48. The number of benzene rings is 1. The number of ether oxygens (including phenoxy) is 1. The quantitative estimate of drug-likeness (QED) is 0.684. The summed E-state index contributed by atoms with van der Waals surface area (Å²) in [6.07, 6.45) is 2.85. The molecule has 0 unspecified atom stereocenters. The molecule has 1 amide bonds. The van der Waals surface area contributed by atoms with E-state index >= 15 is 0 Å². The molecule has 0 radical (unpaired) electrons. The van der Waals surface area contributed by atoms with Gasteiger partial charge in [0.25, 0.3) is 5.91 Å². The monoisotopic (exact) mass is 407 g/mol. The van der Waals surface area contributed by atoms with Crippen molar-refractivity contribution in [2.24, 2.45) is 0 Å². The number of halogens is 1. The maximum Gasteiger partial charge on any atom is 0.340 e. The van der Waals surface area contributed by atoms with Gasteiger partial charge in [0.1, 0.15) is 5.82 Å². The second-order valence-corrected chi connectivity index (χ2v) is 8.00. The number of amides is 1. The molecule has 28 heavy (non-hydrogen) atoms. The van der Waals surface area contributed by atoms with Crippen LogP contribution in [0, 0.1) is 5.82 Å². The molecule has 10 heteroatoms. The highest BCUT2D eigenvalue weighted by Crippen LogP contribution is 2.18. The van der Waals surface area contributed by atoms with Gasteiger partial charge in [0.15, 0.2) is 6.61 Å². The van der Waals surface area contributed by atoms with Gasteiger partial charge in [-0.25, -0.2) is 17.6 Å². The van der Waals surface area contributed by atoms with Gasteiger partial charge >= 0.3 is 5.97 Å². The highest BCUT2D eigenvalue weighted by molar-refractivity contribution is 7.89. The topological polar surface area (TPSA) is 96.9 Å². The minimum Gasteiger partial charge on any atom is -0.452 e. The highest BCUT2D eigenvalue weighted by atomic mass is 32.2. The lowest BCUT2D eigenvalue weighted by Gasteiger charge is -2.33. The molecule has 148 valence electrons. The Kier molecular flexibility index (Phi) is 6.00. The summed E-state index contributed by atoms with van der Waals surface area (Å²) in [6.45, 7) is 0.00228. The Bertz CT molecular complexity index is 960. The summed E-state index contributed by atoms with van der Waals surface area (Å²) in [7, 11) is -3.83. The Hall–Kier alpha value is -2.85. The predicted molar refractivity (Wildman–Crippen MR) is 96.3 cm³/mol. The summed E-state index contributed by atoms with van der Waals surface area (Å²) in [5.41, 5.74) is 0.237. The molecule has 2 heterocycles. The van der Waals surface area contributed by atoms with E-state index in [1.54, 1.807) is 6.07 Å². The fourth-order valence-corrected chi connectivity index (χ4v) is 4.19. The first-order valence-corrected chi connectivity index (χ1v) is 9.92. The third-order valence-electron chi connectivity index (χ3n) is 4.25. The van der Waals surface area contributed by atoms with Crippen LogP contribution in [0.15, 0.2) is 53.7 Å². The van der Waals surface area contributed by atoms with Gasteiger partial charge in [0, 0.05) is 38.6 Å². The maximum atomic E-state index is 13.3. The zero-order valence-electron chi connectivity index (χ0n) is 14.8. The summed E-state index contributed by atoms with van der Waals surface area (Å²) in [4.78, 5) is 29.2. The van der Waals surface area contributed by atoms with Gasteiger partial charge in [-0.2, -0.15) is 4.31 Å². The van der Waals surface area contributed by atoms with E-state index in [9.17, 15) is 22.4 Å². The molecular formula is C18H18FN3O5S. The van der Waals surface area contributed by atoms with E-state index in [-0.39, 0.29) is 36.6 Å². The second-order valence-electron chi connectivity index (χ2n) is 6.06. The third kappa shape index (κ3) is 4.52. The Morgan fingerprint density at radius 2 is 1.86 bits per heavy atom. The molecule has 1 aromatic heterocycles. The highest BCUT2D eigenvalue weighted by Gasteiger charge is 2.30. The standard InChI is InChI=1S/C18H18FN3O5S/c19-15-4-1-5-16(11-15)28(25,26)22-9-7-21(8-10-22)17(23)13-27-18(24)14-3-2-6-20-12-14/h1-6,11-12H,7-10,13H2. The Labute approximate surface area is 161 Å². The van der Waals surface area contributed by atoms with Crippen LogP contribution in [0.4, 0.5) is 4.39 Å². The number of hydrogen-bond donors (Lipinski definition) is 0. The van der Waals surface area contributed by atoms with Crippen LogP contribution >= 0.6 is 0 Å². The largest absolute Gasteiger partial charge is 0.452 e. The van der Waals surface area contributed by atoms with Crippen molar-refractivity contribution in [1.82, 2.24) is 14.2 Å². The molecule has 2 aromatic rings. The molecule has 0 atom stereocenters. The van der Waals surface area contributed by atoms with Crippen molar-refractivity contribution in [3.63, 3.8) is 0 Å². The first kappa shape index (κ1) is 19.9. The number of rotatable bonds is 5. The van der Waals surface area contributed by atoms with E-state index in [4.69, 9.17) is 4.74 Å². The van der Waals surface area contributed by atoms with Crippen molar-refractivity contribution >= 4 is 21.9 Å². The summed E-state index contributed by atoms with van der Waals surface area (Å²) in [5.74, 6) is -1.71. The molecular weight excluding hydrogens is 389 g/mol. The van der Waals surface area contributed by atoms with Crippen molar-refractivity contribution < 1.29 is 27.1 Å². The van der Waals surface area contributed by atoms with Crippen LogP contribution < -0.4 is 0 Å². The van der Waals surface area contributed by atoms with E-state index < -0.39 is 34.3 Å². The van der Waals surface area contributed by atoms with Crippen LogP contribution in [-0.2, 0) is 19.6 Å². The van der Waals surface area contributed by atoms with E-state index in [0.29, 0.717) is 0 Å². The average Bonchev–Trinajstić information content (AvgIpc) is 2.72. The van der Waals surface area contributed by atoms with Crippen LogP contribution in [0.1, 0.15) is 10.4 Å². The third-order valence-corrected chi connectivity index (χ3v) is 6.14. The number of hydrogen-bond acceptors (Lipinski definition) is 6. The van der Waals surface area contributed by atoms with E-state index in [1.165, 1.54) is 45.9 Å². The second kappa shape index (κ2) is 8.44. The molecule has 0 aliphatic carbocycles. The molecule has 8 nitrogen and oxygen atoms in total. The van der Waals surface area contributed by atoms with E-state index in [1.807, 2.05) is 0 Å². The van der Waals surface area contributed by atoms with Crippen LogP contribution in [0.3, 0.4) is 0 Å². The van der Waals surface area contributed by atoms with Crippen LogP contribution in [-0.4, -0.2) is 67.3 Å². The smallest absolute Gasteiger partial charge is 0.340 e. The molecule has 3 rings (SSSR count). The van der Waals surface area contributed by atoms with Crippen LogP contribution in [0.25, 0.3) is 0 Å². The summed E-state index contributed by atoms with van der Waals surface area (Å²) < 4.78 is 44.6. The normalized spacial score (nSPS) is 15.2. The van der Waals surface area contributed by atoms with Crippen molar-refractivity contribution in [3.8, 4) is 0 Å². The minimum absolute atomic E-state index is 0.0706. The van der Waals surface area contributed by atoms with Crippen LogP contribution in [0.5, 0.6) is 0 Å². The zero-order chi connectivity index (χ0) is 20.1. The molecule has 1 aliphatic rings. The van der Waals surface area contributed by atoms with Gasteiger partial charge in [-0.05, 0) is 30.3 Å². The molecule has 0 saturated carbocycles. The SMILES string of the molecule is O=C(OCC(=O)N1CCN(S(=O)(=O)c2cccc(F)c2)CC1)c1cccnc1. The van der Waals surface area contributed by atoms with Gasteiger partial charge in [0.2, 0.25) is 10.0 Å². The average molecular weight is 407 g/mol. The molecule has 0 N–H and O–H groups in total. The number of nitrogens with zero attached hydrogens (tertiary/aromatic N) is 3. The van der Waals surface area contributed by atoms with E-state index in [0.717, 1.165) is 6.07 Å². The summed E-state index contributed by atoms with van der Waals surface area (Å²) in [5, 5.41) is 0. The lowest BCUT2D eigenvalue weighted by molar-refractivity contribution is -0.135.